The lowest BCUT2D eigenvalue weighted by molar-refractivity contribution is -0.138. The highest BCUT2D eigenvalue weighted by molar-refractivity contribution is 5.95. The Morgan fingerprint density at radius 1 is 1.07 bits per heavy atom. The number of hydrogen-bond acceptors (Lipinski definition) is 6. The number of amides is 2. The molecule has 0 bridgehead atoms. The molecule has 0 aliphatic carbocycles. The van der Waals surface area contributed by atoms with E-state index in [1.165, 1.54) is 12.1 Å². The van der Waals surface area contributed by atoms with Gasteiger partial charge in [0.25, 0.3) is 5.91 Å². The second kappa shape index (κ2) is 9.03. The number of carboxylic acid groups (broad SMARTS) is 1. The number of aliphatic carboxylic acids is 1. The predicted molar refractivity (Wildman–Crippen MR) is 98.4 cm³/mol. The second-order valence-electron chi connectivity index (χ2n) is 7.34. The minimum absolute atomic E-state index is 0.0642. The fraction of sp³-hybridized carbons (Fsp3) is 0.526. The van der Waals surface area contributed by atoms with E-state index in [0.29, 0.717) is 12.0 Å². The maximum Gasteiger partial charge on any atom is 0.336 e. The Hall–Kier alpha value is -2.65. The molecular weight excluding hydrogens is 368 g/mol. The van der Waals surface area contributed by atoms with Crippen LogP contribution in [0.3, 0.4) is 0 Å². The van der Waals surface area contributed by atoms with Crippen LogP contribution in [0, 0.1) is 5.92 Å². The Labute approximate surface area is 162 Å². The maximum absolute atomic E-state index is 12.6. The number of nitrogens with one attached hydrogen (secondary N) is 2. The molecule has 1 fully saturated rings. The predicted octanol–water partition coefficient (Wildman–Crippen LogP) is 0.313. The van der Waals surface area contributed by atoms with Crippen molar-refractivity contribution in [2.24, 2.45) is 5.92 Å². The Morgan fingerprint density at radius 3 is 2.18 bits per heavy atom. The average molecular weight is 394 g/mol. The summed E-state index contributed by atoms with van der Waals surface area (Å²) in [7, 11) is 0. The fourth-order valence-electron chi connectivity index (χ4n) is 2.82. The van der Waals surface area contributed by atoms with Gasteiger partial charge in [0.15, 0.2) is 12.2 Å². The molecule has 1 aliphatic heterocycles. The standard InChI is InChI=1S/C19H26N2O7/c1-9(2)8-13(21-18(25)15-16(28-15)19(26)27)17(24)20-10(3)14(23)11-4-6-12(22)7-5-11/h4-7,9-10,13-16,22-23H,8H2,1-3H3,(H,20,24)(H,21,25)(H,26,27)/t10?,13-,14?,15+,16+/m0/s1. The van der Waals surface area contributed by atoms with Gasteiger partial charge in [-0.2, -0.15) is 0 Å². The topological polar surface area (TPSA) is 148 Å². The van der Waals surface area contributed by atoms with Gasteiger partial charge in [-0.15, -0.1) is 0 Å². The zero-order chi connectivity index (χ0) is 21.0. The number of carboxylic acids is 1. The van der Waals surface area contributed by atoms with Crippen molar-refractivity contribution in [1.82, 2.24) is 10.6 Å². The van der Waals surface area contributed by atoms with Crippen molar-refractivity contribution in [3.8, 4) is 5.75 Å². The van der Waals surface area contributed by atoms with E-state index in [2.05, 4.69) is 10.6 Å². The van der Waals surface area contributed by atoms with Crippen LogP contribution in [0.15, 0.2) is 24.3 Å². The first-order chi connectivity index (χ1) is 13.1. The molecule has 2 unspecified atom stereocenters. The summed E-state index contributed by atoms with van der Waals surface area (Å²) in [5, 5.41) is 33.8. The molecular formula is C19H26N2O7. The summed E-state index contributed by atoms with van der Waals surface area (Å²) in [6, 6.07) is 4.42. The second-order valence-corrected chi connectivity index (χ2v) is 7.34. The van der Waals surface area contributed by atoms with Gasteiger partial charge in [0.05, 0.1) is 12.1 Å². The lowest BCUT2D eigenvalue weighted by Gasteiger charge is -2.25. The first-order valence-corrected chi connectivity index (χ1v) is 9.06. The number of carbonyl (C=O) groups excluding carboxylic acids is 2. The Balaban J connectivity index is 1.98. The summed E-state index contributed by atoms with van der Waals surface area (Å²) in [6.45, 7) is 5.39. The van der Waals surface area contributed by atoms with E-state index in [1.54, 1.807) is 19.1 Å². The van der Waals surface area contributed by atoms with Crippen molar-refractivity contribution in [1.29, 1.82) is 0 Å². The first kappa shape index (κ1) is 21.6. The van der Waals surface area contributed by atoms with E-state index in [-0.39, 0.29) is 11.7 Å². The van der Waals surface area contributed by atoms with Crippen LogP contribution in [0.2, 0.25) is 0 Å². The molecule has 0 radical (unpaired) electrons. The van der Waals surface area contributed by atoms with Crippen molar-refractivity contribution < 1.29 is 34.4 Å². The highest BCUT2D eigenvalue weighted by Gasteiger charge is 2.51. The number of aromatic hydroxyl groups is 1. The minimum Gasteiger partial charge on any atom is -0.508 e. The largest absolute Gasteiger partial charge is 0.508 e. The van der Waals surface area contributed by atoms with Gasteiger partial charge in [0.2, 0.25) is 5.91 Å². The zero-order valence-corrected chi connectivity index (χ0v) is 16.0. The normalized spacial score (nSPS) is 21.5. The van der Waals surface area contributed by atoms with Crippen LogP contribution in [-0.4, -0.2) is 57.4 Å². The van der Waals surface area contributed by atoms with E-state index < -0.39 is 48.2 Å². The summed E-state index contributed by atoms with van der Waals surface area (Å²) in [5.74, 6) is -2.21. The highest BCUT2D eigenvalue weighted by atomic mass is 16.6. The number of phenols is 1. The van der Waals surface area contributed by atoms with E-state index >= 15 is 0 Å². The molecule has 5 atom stereocenters. The van der Waals surface area contributed by atoms with Gasteiger partial charge in [-0.25, -0.2) is 4.79 Å². The van der Waals surface area contributed by atoms with Crippen molar-refractivity contribution in [3.63, 3.8) is 0 Å². The summed E-state index contributed by atoms with van der Waals surface area (Å²) < 4.78 is 4.81. The molecule has 28 heavy (non-hydrogen) atoms. The summed E-state index contributed by atoms with van der Waals surface area (Å²) in [5.41, 5.74) is 0.519. The Morgan fingerprint density at radius 2 is 1.68 bits per heavy atom. The number of carbonyl (C=O) groups is 3. The maximum atomic E-state index is 12.6. The molecule has 1 aromatic carbocycles. The smallest absolute Gasteiger partial charge is 0.336 e. The van der Waals surface area contributed by atoms with Crippen molar-refractivity contribution in [2.75, 3.05) is 0 Å². The lowest BCUT2D eigenvalue weighted by atomic mass is 10.0. The van der Waals surface area contributed by atoms with Crippen LogP contribution in [0.5, 0.6) is 5.75 Å². The fourth-order valence-corrected chi connectivity index (χ4v) is 2.82. The van der Waals surface area contributed by atoms with Crippen LogP contribution in [0.25, 0.3) is 0 Å². The molecule has 0 saturated carbocycles. The van der Waals surface area contributed by atoms with Crippen molar-refractivity contribution in [2.45, 2.75) is 57.6 Å². The monoisotopic (exact) mass is 394 g/mol. The quantitative estimate of drug-likeness (QED) is 0.379. The molecule has 1 heterocycles. The van der Waals surface area contributed by atoms with Crippen LogP contribution in [0.1, 0.15) is 38.9 Å². The highest BCUT2D eigenvalue weighted by Crippen LogP contribution is 2.23. The molecule has 0 aromatic heterocycles. The number of epoxide rings is 1. The third kappa shape index (κ3) is 5.67. The van der Waals surface area contributed by atoms with Gasteiger partial charge in [-0.3, -0.25) is 9.59 Å². The molecule has 2 amide bonds. The van der Waals surface area contributed by atoms with Gasteiger partial charge in [-0.1, -0.05) is 26.0 Å². The number of benzene rings is 1. The lowest BCUT2D eigenvalue weighted by Crippen LogP contribution is -2.51. The van der Waals surface area contributed by atoms with Gasteiger partial charge < -0.3 is 30.7 Å². The van der Waals surface area contributed by atoms with Crippen molar-refractivity contribution in [3.05, 3.63) is 29.8 Å². The SMILES string of the molecule is CC(C)C[C@H](NC(=O)[C@@H]1O[C@H]1C(=O)O)C(=O)NC(C)C(O)c1ccc(O)cc1. The molecule has 154 valence electrons. The number of hydrogen-bond donors (Lipinski definition) is 5. The number of rotatable bonds is 9. The molecule has 5 N–H and O–H groups in total. The number of aliphatic hydroxyl groups is 1. The van der Waals surface area contributed by atoms with Crippen LogP contribution >= 0.6 is 0 Å². The summed E-state index contributed by atoms with van der Waals surface area (Å²) in [6.07, 6.45) is -2.95. The number of ether oxygens (including phenoxy) is 1. The zero-order valence-electron chi connectivity index (χ0n) is 16.0. The van der Waals surface area contributed by atoms with Gasteiger partial charge in [-0.05, 0) is 37.0 Å². The minimum atomic E-state index is -1.23. The van der Waals surface area contributed by atoms with E-state index in [9.17, 15) is 24.6 Å². The van der Waals surface area contributed by atoms with Crippen LogP contribution < -0.4 is 10.6 Å². The van der Waals surface area contributed by atoms with Crippen LogP contribution in [-0.2, 0) is 19.1 Å². The van der Waals surface area contributed by atoms with Gasteiger partial charge in [0.1, 0.15) is 11.8 Å². The molecule has 0 spiro atoms. The molecule has 9 nitrogen and oxygen atoms in total. The molecule has 1 aromatic rings. The van der Waals surface area contributed by atoms with Gasteiger partial charge >= 0.3 is 5.97 Å². The third-order valence-corrected chi connectivity index (χ3v) is 4.41. The summed E-state index contributed by atoms with van der Waals surface area (Å²) >= 11 is 0. The number of phenolic OH excluding ortho intramolecular Hbond substituents is 1. The van der Waals surface area contributed by atoms with Gasteiger partial charge in [0, 0.05) is 0 Å². The first-order valence-electron chi connectivity index (χ1n) is 9.06. The Bertz CT molecular complexity index is 719. The number of aliphatic hydroxyl groups excluding tert-OH is 1. The average Bonchev–Trinajstić information content (AvgIpc) is 3.41. The van der Waals surface area contributed by atoms with E-state index in [4.69, 9.17) is 9.84 Å². The molecule has 1 saturated heterocycles. The molecule has 1 aliphatic rings. The third-order valence-electron chi connectivity index (χ3n) is 4.41. The van der Waals surface area contributed by atoms with E-state index in [1.807, 2.05) is 13.8 Å². The summed E-state index contributed by atoms with van der Waals surface area (Å²) in [4.78, 5) is 35.6. The molecule has 2 rings (SSSR count). The van der Waals surface area contributed by atoms with E-state index in [0.717, 1.165) is 0 Å². The Kier molecular flexibility index (Phi) is 6.98. The van der Waals surface area contributed by atoms with Crippen LogP contribution in [0.4, 0.5) is 0 Å². The molecule has 9 heteroatoms. The van der Waals surface area contributed by atoms with Crippen molar-refractivity contribution >= 4 is 17.8 Å².